The Hall–Kier alpha value is -1.92. The Morgan fingerprint density at radius 3 is 2.52 bits per heavy atom. The molecule has 2 aromatic carbocycles. The molecule has 0 aliphatic rings. The van der Waals surface area contributed by atoms with E-state index < -0.39 is 15.8 Å². The number of aryl methyl sites for hydroxylation is 1. The van der Waals surface area contributed by atoms with Crippen LogP contribution in [0.5, 0.6) is 0 Å². The molecular weight excluding hydrogens is 291 g/mol. The van der Waals surface area contributed by atoms with Crippen molar-refractivity contribution in [2.24, 2.45) is 0 Å². The highest BCUT2D eigenvalue weighted by atomic mass is 32.2. The molecule has 0 atom stereocenters. The average molecular weight is 308 g/mol. The van der Waals surface area contributed by atoms with E-state index in [0.717, 1.165) is 11.6 Å². The molecule has 0 heterocycles. The summed E-state index contributed by atoms with van der Waals surface area (Å²) in [5.41, 5.74) is 1.70. The number of benzene rings is 2. The van der Waals surface area contributed by atoms with E-state index in [1.165, 1.54) is 12.1 Å². The Bertz CT molecular complexity index is 745. The van der Waals surface area contributed by atoms with E-state index in [1.807, 2.05) is 12.1 Å². The van der Waals surface area contributed by atoms with Gasteiger partial charge in [-0.05, 0) is 43.3 Å². The molecule has 0 amide bonds. The van der Waals surface area contributed by atoms with Crippen LogP contribution in [0, 0.1) is 12.7 Å². The number of rotatable bonds is 5. The zero-order valence-electron chi connectivity index (χ0n) is 11.9. The minimum atomic E-state index is -3.81. The van der Waals surface area contributed by atoms with Crippen LogP contribution in [0.2, 0.25) is 0 Å². The normalized spacial score (nSPS) is 11.4. The van der Waals surface area contributed by atoms with Gasteiger partial charge in [0.2, 0.25) is 0 Å². The van der Waals surface area contributed by atoms with Crippen LogP contribution in [-0.4, -0.2) is 15.5 Å². The maximum atomic E-state index is 13.5. The van der Waals surface area contributed by atoms with Crippen molar-refractivity contribution >= 4 is 15.7 Å². The fourth-order valence-electron chi connectivity index (χ4n) is 1.91. The highest BCUT2D eigenvalue weighted by Gasteiger charge is 2.17. The third-order valence-electron chi connectivity index (χ3n) is 3.08. The second-order valence-corrected chi connectivity index (χ2v) is 6.39. The predicted octanol–water partition coefficient (Wildman–Crippen LogP) is 2.65. The fraction of sp³-hybridized carbons (Fsp3) is 0.200. The molecule has 4 nitrogen and oxygen atoms in total. The van der Waals surface area contributed by atoms with Crippen molar-refractivity contribution in [1.82, 2.24) is 5.32 Å². The molecule has 2 N–H and O–H groups in total. The summed E-state index contributed by atoms with van der Waals surface area (Å²) in [6.45, 7) is 2.11. The molecule has 0 bridgehead atoms. The lowest BCUT2D eigenvalue weighted by molar-refractivity contribution is 0.593. The Labute approximate surface area is 124 Å². The number of hydrogen-bond donors (Lipinski definition) is 2. The van der Waals surface area contributed by atoms with Gasteiger partial charge in [0.25, 0.3) is 10.0 Å². The molecule has 0 unspecified atom stereocenters. The van der Waals surface area contributed by atoms with E-state index in [9.17, 15) is 12.8 Å². The summed E-state index contributed by atoms with van der Waals surface area (Å²) in [6, 6.07) is 10.9. The van der Waals surface area contributed by atoms with E-state index in [0.29, 0.717) is 17.8 Å². The van der Waals surface area contributed by atoms with Crippen LogP contribution in [0.1, 0.15) is 11.1 Å². The van der Waals surface area contributed by atoms with Crippen LogP contribution in [0.25, 0.3) is 0 Å². The van der Waals surface area contributed by atoms with Crippen LogP contribution in [-0.2, 0) is 16.6 Å². The van der Waals surface area contributed by atoms with Gasteiger partial charge in [0.15, 0.2) is 0 Å². The number of sulfonamides is 1. The molecule has 0 spiro atoms. The van der Waals surface area contributed by atoms with Crippen molar-refractivity contribution in [2.75, 3.05) is 11.8 Å². The highest BCUT2D eigenvalue weighted by molar-refractivity contribution is 7.92. The van der Waals surface area contributed by atoms with E-state index >= 15 is 0 Å². The summed E-state index contributed by atoms with van der Waals surface area (Å²) in [5, 5.41) is 2.97. The molecule has 2 rings (SSSR count). The molecule has 0 saturated carbocycles. The first kappa shape index (κ1) is 15.5. The molecule has 0 fully saturated rings. The van der Waals surface area contributed by atoms with Gasteiger partial charge in [-0.3, -0.25) is 4.72 Å². The monoisotopic (exact) mass is 308 g/mol. The minimum Gasteiger partial charge on any atom is -0.316 e. The topological polar surface area (TPSA) is 58.2 Å². The number of anilines is 1. The largest absolute Gasteiger partial charge is 0.316 e. The van der Waals surface area contributed by atoms with E-state index in [1.54, 1.807) is 26.1 Å². The Morgan fingerprint density at radius 2 is 1.86 bits per heavy atom. The maximum Gasteiger partial charge on any atom is 0.262 e. The lowest BCUT2D eigenvalue weighted by Crippen LogP contribution is -2.16. The molecule has 0 aliphatic heterocycles. The van der Waals surface area contributed by atoms with Crippen LogP contribution in [0.4, 0.5) is 10.1 Å². The summed E-state index contributed by atoms with van der Waals surface area (Å²) < 4.78 is 40.7. The number of hydrogen-bond acceptors (Lipinski definition) is 3. The summed E-state index contributed by atoms with van der Waals surface area (Å²) in [7, 11) is -2.03. The van der Waals surface area contributed by atoms with Crippen LogP contribution < -0.4 is 10.0 Å². The molecule has 0 aromatic heterocycles. The van der Waals surface area contributed by atoms with Crippen molar-refractivity contribution in [1.29, 1.82) is 0 Å². The first-order valence-electron chi connectivity index (χ1n) is 6.45. The second-order valence-electron chi connectivity index (χ2n) is 4.70. The van der Waals surface area contributed by atoms with Gasteiger partial charge in [-0.2, -0.15) is 0 Å². The van der Waals surface area contributed by atoms with Gasteiger partial charge in [0, 0.05) is 6.54 Å². The first-order valence-corrected chi connectivity index (χ1v) is 7.94. The predicted molar refractivity (Wildman–Crippen MR) is 81.2 cm³/mol. The van der Waals surface area contributed by atoms with E-state index in [4.69, 9.17) is 0 Å². The molecule has 2 aromatic rings. The van der Waals surface area contributed by atoms with Crippen molar-refractivity contribution in [2.45, 2.75) is 18.4 Å². The lowest BCUT2D eigenvalue weighted by atomic mass is 10.2. The zero-order chi connectivity index (χ0) is 15.5. The van der Waals surface area contributed by atoms with Crippen molar-refractivity contribution < 1.29 is 12.8 Å². The third-order valence-corrected chi connectivity index (χ3v) is 4.45. The standard InChI is InChI=1S/C15H17FN2O2S/c1-11-7-8-13(9-14(11)16)21(19,20)18-15-6-4-3-5-12(15)10-17-2/h3-9,17-18H,10H2,1-2H3. The van der Waals surface area contributed by atoms with Gasteiger partial charge in [-0.15, -0.1) is 0 Å². The Kier molecular flexibility index (Phi) is 4.59. The summed E-state index contributed by atoms with van der Waals surface area (Å²) in [4.78, 5) is -0.0927. The quantitative estimate of drug-likeness (QED) is 0.893. The molecule has 112 valence electrons. The second kappa shape index (κ2) is 6.24. The zero-order valence-corrected chi connectivity index (χ0v) is 12.7. The smallest absolute Gasteiger partial charge is 0.262 e. The Morgan fingerprint density at radius 1 is 1.14 bits per heavy atom. The molecule has 0 aliphatic carbocycles. The molecule has 0 saturated heterocycles. The Balaban J connectivity index is 2.35. The molecule has 0 radical (unpaired) electrons. The van der Waals surface area contributed by atoms with Gasteiger partial charge in [0.05, 0.1) is 10.6 Å². The van der Waals surface area contributed by atoms with Gasteiger partial charge in [-0.1, -0.05) is 24.3 Å². The number of para-hydroxylation sites is 1. The van der Waals surface area contributed by atoms with Crippen LogP contribution in [0.15, 0.2) is 47.4 Å². The fourth-order valence-corrected chi connectivity index (χ4v) is 3.02. The first-order chi connectivity index (χ1) is 9.94. The van der Waals surface area contributed by atoms with Crippen molar-refractivity contribution in [3.63, 3.8) is 0 Å². The van der Waals surface area contributed by atoms with Crippen molar-refractivity contribution in [3.8, 4) is 0 Å². The minimum absolute atomic E-state index is 0.0927. The summed E-state index contributed by atoms with van der Waals surface area (Å²) in [6.07, 6.45) is 0. The van der Waals surface area contributed by atoms with E-state index in [2.05, 4.69) is 10.0 Å². The number of nitrogens with one attached hydrogen (secondary N) is 2. The summed E-state index contributed by atoms with van der Waals surface area (Å²) in [5.74, 6) is -0.540. The van der Waals surface area contributed by atoms with E-state index in [-0.39, 0.29) is 4.90 Å². The lowest BCUT2D eigenvalue weighted by Gasteiger charge is -2.12. The van der Waals surface area contributed by atoms with Gasteiger partial charge >= 0.3 is 0 Å². The van der Waals surface area contributed by atoms with Crippen LogP contribution >= 0.6 is 0 Å². The molecule has 6 heteroatoms. The average Bonchev–Trinajstić information content (AvgIpc) is 2.44. The highest BCUT2D eigenvalue weighted by Crippen LogP contribution is 2.21. The van der Waals surface area contributed by atoms with Crippen LogP contribution in [0.3, 0.4) is 0 Å². The van der Waals surface area contributed by atoms with Gasteiger partial charge in [-0.25, -0.2) is 12.8 Å². The third kappa shape index (κ3) is 3.59. The summed E-state index contributed by atoms with van der Waals surface area (Å²) >= 11 is 0. The number of halogens is 1. The molecular formula is C15H17FN2O2S. The SMILES string of the molecule is CNCc1ccccc1NS(=O)(=O)c1ccc(C)c(F)c1. The molecule has 21 heavy (non-hydrogen) atoms. The van der Waals surface area contributed by atoms with Crippen molar-refractivity contribution in [3.05, 3.63) is 59.4 Å². The van der Waals surface area contributed by atoms with Gasteiger partial charge in [0.1, 0.15) is 5.82 Å². The maximum absolute atomic E-state index is 13.5. The van der Waals surface area contributed by atoms with Gasteiger partial charge < -0.3 is 5.32 Å².